The molecular weight excluding hydrogens is 388 g/mol. The van der Waals surface area contributed by atoms with E-state index in [1.807, 2.05) is 6.92 Å². The van der Waals surface area contributed by atoms with Crippen LogP contribution in [0.3, 0.4) is 0 Å². The van der Waals surface area contributed by atoms with E-state index in [-0.39, 0.29) is 17.3 Å². The topological polar surface area (TPSA) is 124 Å². The fourth-order valence-corrected chi connectivity index (χ4v) is 3.38. The average molecular weight is 402 g/mol. The molecule has 0 bridgehead atoms. The molecule has 0 aliphatic carbocycles. The number of non-ortho nitro benzene ring substituents is 1. The van der Waals surface area contributed by atoms with E-state index in [2.05, 4.69) is 25.7 Å². The van der Waals surface area contributed by atoms with Gasteiger partial charge in [0.15, 0.2) is 0 Å². The lowest BCUT2D eigenvalue weighted by Gasteiger charge is -2.03. The van der Waals surface area contributed by atoms with E-state index in [9.17, 15) is 14.9 Å². The summed E-state index contributed by atoms with van der Waals surface area (Å²) in [7, 11) is 0. The number of thioether (sulfide) groups is 1. The van der Waals surface area contributed by atoms with Gasteiger partial charge in [0.25, 0.3) is 5.69 Å². The first kappa shape index (κ1) is 18.9. The fraction of sp³-hybridized carbons (Fsp3) is 0.188. The molecule has 0 radical (unpaired) electrons. The molecule has 1 aromatic carbocycles. The number of nitro groups is 1. The average Bonchev–Trinajstić information content (AvgIpc) is 3.14. The molecule has 0 unspecified atom stereocenters. The van der Waals surface area contributed by atoms with Crippen molar-refractivity contribution in [2.75, 3.05) is 11.1 Å². The highest BCUT2D eigenvalue weighted by molar-refractivity contribution is 7.99. The molecule has 0 spiro atoms. The van der Waals surface area contributed by atoms with Gasteiger partial charge in [-0.2, -0.15) is 0 Å². The van der Waals surface area contributed by atoms with Gasteiger partial charge in [0.1, 0.15) is 10.0 Å². The molecular formula is C16H14N6O3S2. The first-order chi connectivity index (χ1) is 13.0. The van der Waals surface area contributed by atoms with Crippen LogP contribution in [-0.2, 0) is 11.2 Å². The number of nitrogens with one attached hydrogen (secondary N) is 1. The predicted octanol–water partition coefficient (Wildman–Crippen LogP) is 3.20. The number of carbonyl (C=O) groups is 1. The summed E-state index contributed by atoms with van der Waals surface area (Å²) in [5, 5.41) is 31.5. The zero-order valence-electron chi connectivity index (χ0n) is 14.2. The number of aryl methyl sites for hydroxylation is 1. The van der Waals surface area contributed by atoms with Crippen molar-refractivity contribution in [3.05, 3.63) is 51.5 Å². The van der Waals surface area contributed by atoms with Crippen molar-refractivity contribution in [2.24, 2.45) is 0 Å². The fourth-order valence-electron chi connectivity index (χ4n) is 2.07. The summed E-state index contributed by atoms with van der Waals surface area (Å²) in [6.07, 6.45) is 0.773. The van der Waals surface area contributed by atoms with E-state index < -0.39 is 4.92 Å². The van der Waals surface area contributed by atoms with Gasteiger partial charge >= 0.3 is 0 Å². The van der Waals surface area contributed by atoms with E-state index in [0.29, 0.717) is 21.4 Å². The second-order valence-corrected chi connectivity index (χ2v) is 7.31. The largest absolute Gasteiger partial charge is 0.300 e. The molecule has 3 aromatic rings. The minimum atomic E-state index is -0.457. The third-order valence-electron chi connectivity index (χ3n) is 3.36. The lowest BCUT2D eigenvalue weighted by atomic mass is 10.1. The lowest BCUT2D eigenvalue weighted by molar-refractivity contribution is -0.384. The molecule has 0 atom stereocenters. The Morgan fingerprint density at radius 1 is 1.22 bits per heavy atom. The van der Waals surface area contributed by atoms with Crippen molar-refractivity contribution in [1.82, 2.24) is 20.4 Å². The lowest BCUT2D eigenvalue weighted by Crippen LogP contribution is -2.14. The molecule has 2 aromatic heterocycles. The molecule has 11 heteroatoms. The van der Waals surface area contributed by atoms with Crippen LogP contribution in [0.2, 0.25) is 0 Å². The van der Waals surface area contributed by atoms with Gasteiger partial charge < -0.3 is 0 Å². The zero-order valence-corrected chi connectivity index (χ0v) is 15.8. The monoisotopic (exact) mass is 402 g/mol. The van der Waals surface area contributed by atoms with E-state index in [1.54, 1.807) is 24.3 Å². The second-order valence-electron chi connectivity index (χ2n) is 5.26. The van der Waals surface area contributed by atoms with E-state index in [4.69, 9.17) is 0 Å². The molecule has 138 valence electrons. The van der Waals surface area contributed by atoms with Gasteiger partial charge in [0.05, 0.1) is 16.4 Å². The summed E-state index contributed by atoms with van der Waals surface area (Å²) < 4.78 is 0. The summed E-state index contributed by atoms with van der Waals surface area (Å²) >= 11 is 2.58. The number of hydrogen-bond donors (Lipinski definition) is 1. The molecule has 3 rings (SSSR count). The molecule has 0 saturated heterocycles. The Morgan fingerprint density at radius 3 is 2.74 bits per heavy atom. The maximum absolute atomic E-state index is 12.0. The van der Waals surface area contributed by atoms with Crippen LogP contribution in [0, 0.1) is 10.1 Å². The number of rotatable bonds is 7. The number of hydrogen-bond acceptors (Lipinski definition) is 9. The highest BCUT2D eigenvalue weighted by Crippen LogP contribution is 2.23. The van der Waals surface area contributed by atoms with Gasteiger partial charge in [-0.05, 0) is 18.6 Å². The maximum Gasteiger partial charge on any atom is 0.270 e. The second kappa shape index (κ2) is 8.64. The van der Waals surface area contributed by atoms with Crippen LogP contribution in [0.4, 0.5) is 10.8 Å². The van der Waals surface area contributed by atoms with E-state index in [1.165, 1.54) is 35.2 Å². The van der Waals surface area contributed by atoms with Crippen molar-refractivity contribution in [1.29, 1.82) is 0 Å². The first-order valence-corrected chi connectivity index (χ1v) is 9.69. The molecule has 1 amide bonds. The summed E-state index contributed by atoms with van der Waals surface area (Å²) in [4.78, 5) is 22.4. The highest BCUT2D eigenvalue weighted by Gasteiger charge is 2.11. The highest BCUT2D eigenvalue weighted by atomic mass is 32.2. The Hall–Kier alpha value is -2.92. The minimum Gasteiger partial charge on any atom is -0.300 e. The van der Waals surface area contributed by atoms with Crippen molar-refractivity contribution in [2.45, 2.75) is 18.4 Å². The smallest absolute Gasteiger partial charge is 0.270 e. The Morgan fingerprint density at radius 2 is 2.07 bits per heavy atom. The van der Waals surface area contributed by atoms with Gasteiger partial charge in [-0.15, -0.1) is 20.4 Å². The Balaban J connectivity index is 1.58. The molecule has 0 aliphatic heterocycles. The molecule has 9 nitrogen and oxygen atoms in total. The first-order valence-electron chi connectivity index (χ1n) is 7.88. The Labute approximate surface area is 162 Å². The molecule has 1 N–H and O–H groups in total. The van der Waals surface area contributed by atoms with Crippen LogP contribution in [0.1, 0.15) is 11.9 Å². The normalized spacial score (nSPS) is 10.6. The minimum absolute atomic E-state index is 0.00710. The van der Waals surface area contributed by atoms with Gasteiger partial charge in [-0.1, -0.05) is 42.2 Å². The van der Waals surface area contributed by atoms with Gasteiger partial charge in [0, 0.05) is 17.7 Å². The van der Waals surface area contributed by atoms with Gasteiger partial charge in [-0.3, -0.25) is 20.2 Å². The van der Waals surface area contributed by atoms with E-state index in [0.717, 1.165) is 11.4 Å². The van der Waals surface area contributed by atoms with Crippen molar-refractivity contribution >= 4 is 39.8 Å². The maximum atomic E-state index is 12.0. The third kappa shape index (κ3) is 5.05. The third-order valence-corrected chi connectivity index (χ3v) is 5.26. The number of amides is 1. The summed E-state index contributed by atoms with van der Waals surface area (Å²) in [6, 6.07) is 9.62. The van der Waals surface area contributed by atoms with Crippen molar-refractivity contribution in [3.8, 4) is 11.3 Å². The number of carbonyl (C=O) groups excluding carboxylic acids is 1. The number of nitrogens with zero attached hydrogens (tertiary/aromatic N) is 5. The van der Waals surface area contributed by atoms with Crippen LogP contribution in [0.5, 0.6) is 0 Å². The number of anilines is 1. The quantitative estimate of drug-likeness (QED) is 0.363. The van der Waals surface area contributed by atoms with Gasteiger partial charge in [-0.25, -0.2) is 0 Å². The van der Waals surface area contributed by atoms with E-state index >= 15 is 0 Å². The molecule has 0 fully saturated rings. The summed E-state index contributed by atoms with van der Waals surface area (Å²) in [6.45, 7) is 1.97. The predicted molar refractivity (Wildman–Crippen MR) is 103 cm³/mol. The number of benzene rings is 1. The standard InChI is InChI=1S/C16H14N6O3S2/c1-2-14-19-21-16(27-14)17-13(23)9-26-15-7-6-12(18-20-15)10-4-3-5-11(8-10)22(24)25/h3-8H,2,9H2,1H3,(H,17,21,23). The van der Waals surface area contributed by atoms with Crippen LogP contribution in [0.15, 0.2) is 41.4 Å². The Kier molecular flexibility index (Phi) is 6.04. The van der Waals surface area contributed by atoms with Crippen LogP contribution >= 0.6 is 23.1 Å². The Bertz CT molecular complexity index is 961. The number of nitro benzene ring substituents is 1. The van der Waals surface area contributed by atoms with Crippen LogP contribution in [-0.4, -0.2) is 37.0 Å². The van der Waals surface area contributed by atoms with Gasteiger partial charge in [0.2, 0.25) is 11.0 Å². The molecule has 0 saturated carbocycles. The molecule has 27 heavy (non-hydrogen) atoms. The van der Waals surface area contributed by atoms with Crippen LogP contribution in [0.25, 0.3) is 11.3 Å². The zero-order chi connectivity index (χ0) is 19.2. The van der Waals surface area contributed by atoms with Crippen molar-refractivity contribution in [3.63, 3.8) is 0 Å². The molecule has 2 heterocycles. The summed E-state index contributed by atoms with van der Waals surface area (Å²) in [5.74, 6) is -0.0466. The number of aromatic nitrogens is 4. The summed E-state index contributed by atoms with van der Waals surface area (Å²) in [5.41, 5.74) is 1.12. The SMILES string of the molecule is CCc1nnc(NC(=O)CSc2ccc(-c3cccc([N+](=O)[O-])c3)nn2)s1. The van der Waals surface area contributed by atoms with Crippen molar-refractivity contribution < 1.29 is 9.72 Å². The molecule has 0 aliphatic rings. The van der Waals surface area contributed by atoms with Crippen LogP contribution < -0.4 is 5.32 Å².